The summed E-state index contributed by atoms with van der Waals surface area (Å²) < 4.78 is 0. The SMILES string of the molecule is C1=Cc2ccccc21.O=C1C=CC(=O)N1. The summed E-state index contributed by atoms with van der Waals surface area (Å²) >= 11 is 0. The van der Waals surface area contributed by atoms with Crippen molar-refractivity contribution in [2.24, 2.45) is 0 Å². The van der Waals surface area contributed by atoms with Gasteiger partial charge in [-0.1, -0.05) is 36.4 Å². The van der Waals surface area contributed by atoms with Crippen molar-refractivity contribution in [3.05, 3.63) is 47.5 Å². The van der Waals surface area contributed by atoms with Crippen molar-refractivity contribution in [2.75, 3.05) is 0 Å². The predicted molar refractivity (Wildman–Crippen MR) is 57.7 cm³/mol. The van der Waals surface area contributed by atoms with Crippen LogP contribution in [0.4, 0.5) is 0 Å². The molecule has 2 aliphatic rings. The second-order valence-corrected chi connectivity index (χ2v) is 3.15. The number of imide groups is 1. The maximum atomic E-state index is 10.0. The zero-order chi connectivity index (χ0) is 10.7. The average Bonchev–Trinajstić information content (AvgIpc) is 2.54. The van der Waals surface area contributed by atoms with Crippen molar-refractivity contribution in [3.63, 3.8) is 0 Å². The van der Waals surface area contributed by atoms with Crippen LogP contribution < -0.4 is 5.32 Å². The molecule has 3 rings (SSSR count). The fraction of sp³-hybridized carbons (Fsp3) is 0. The van der Waals surface area contributed by atoms with E-state index in [2.05, 4.69) is 36.4 Å². The van der Waals surface area contributed by atoms with Crippen LogP contribution in [0.25, 0.3) is 12.2 Å². The Morgan fingerprint density at radius 1 is 0.733 bits per heavy atom. The summed E-state index contributed by atoms with van der Waals surface area (Å²) in [5.41, 5.74) is 2.74. The standard InChI is InChI=1S/C8H6.C4H3NO2/c1-2-4-8-6-5-7(8)3-1;6-3-1-2-4(7)5-3/h1-6H;1-2H,(H,5,6,7). The molecule has 0 fully saturated rings. The lowest BCUT2D eigenvalue weighted by atomic mass is 9.99. The van der Waals surface area contributed by atoms with E-state index in [0.717, 1.165) is 0 Å². The highest BCUT2D eigenvalue weighted by Crippen LogP contribution is 2.21. The van der Waals surface area contributed by atoms with Crippen LogP contribution in [0.5, 0.6) is 0 Å². The number of hydrogen-bond donors (Lipinski definition) is 1. The van der Waals surface area contributed by atoms with E-state index in [1.165, 1.54) is 23.3 Å². The molecule has 3 heteroatoms. The molecule has 2 amide bonds. The van der Waals surface area contributed by atoms with Gasteiger partial charge in [0.25, 0.3) is 11.8 Å². The van der Waals surface area contributed by atoms with Crippen LogP contribution in [0.3, 0.4) is 0 Å². The summed E-state index contributed by atoms with van der Waals surface area (Å²) in [7, 11) is 0. The molecule has 0 bridgehead atoms. The minimum Gasteiger partial charge on any atom is -0.289 e. The van der Waals surface area contributed by atoms with Gasteiger partial charge in [-0.25, -0.2) is 0 Å². The molecule has 15 heavy (non-hydrogen) atoms. The molecule has 0 saturated heterocycles. The third kappa shape index (κ3) is 2.20. The summed E-state index contributed by atoms with van der Waals surface area (Å²) in [5, 5.41) is 2.03. The second kappa shape index (κ2) is 3.92. The summed E-state index contributed by atoms with van der Waals surface area (Å²) in [5.74, 6) is -0.657. The minimum absolute atomic E-state index is 0.329. The first-order valence-electron chi connectivity index (χ1n) is 4.56. The lowest BCUT2D eigenvalue weighted by Gasteiger charge is -2.06. The second-order valence-electron chi connectivity index (χ2n) is 3.15. The smallest absolute Gasteiger partial charge is 0.250 e. The topological polar surface area (TPSA) is 46.2 Å². The molecule has 0 radical (unpaired) electrons. The van der Waals surface area contributed by atoms with E-state index in [1.54, 1.807) is 0 Å². The number of carbonyl (C=O) groups excluding carboxylic acids is 2. The van der Waals surface area contributed by atoms with E-state index >= 15 is 0 Å². The van der Waals surface area contributed by atoms with Crippen LogP contribution >= 0.6 is 0 Å². The van der Waals surface area contributed by atoms with Crippen molar-refractivity contribution in [1.82, 2.24) is 5.32 Å². The first-order valence-corrected chi connectivity index (χ1v) is 4.56. The van der Waals surface area contributed by atoms with Crippen molar-refractivity contribution in [2.45, 2.75) is 0 Å². The van der Waals surface area contributed by atoms with Crippen LogP contribution in [0.1, 0.15) is 11.1 Å². The number of benzene rings is 1. The van der Waals surface area contributed by atoms with Gasteiger partial charge in [0.2, 0.25) is 0 Å². The molecule has 1 aromatic rings. The number of hydrogen-bond acceptors (Lipinski definition) is 2. The molecule has 0 saturated carbocycles. The highest BCUT2D eigenvalue weighted by atomic mass is 16.2. The molecule has 0 spiro atoms. The number of rotatable bonds is 0. The van der Waals surface area contributed by atoms with Gasteiger partial charge in [-0.3, -0.25) is 14.9 Å². The van der Waals surface area contributed by atoms with Crippen LogP contribution in [0.15, 0.2) is 36.4 Å². The Kier molecular flexibility index (Phi) is 2.46. The van der Waals surface area contributed by atoms with Crippen LogP contribution in [-0.2, 0) is 9.59 Å². The molecule has 1 N–H and O–H groups in total. The third-order valence-electron chi connectivity index (χ3n) is 2.07. The van der Waals surface area contributed by atoms with E-state index in [9.17, 15) is 9.59 Å². The molecule has 1 aliphatic carbocycles. The van der Waals surface area contributed by atoms with Gasteiger partial charge in [0, 0.05) is 12.2 Å². The molecule has 0 atom stereocenters. The van der Waals surface area contributed by atoms with Crippen molar-refractivity contribution in [3.8, 4) is 0 Å². The first kappa shape index (κ1) is 9.40. The average molecular weight is 199 g/mol. The molecular formula is C12H9NO2. The van der Waals surface area contributed by atoms with Crippen LogP contribution in [0, 0.1) is 0 Å². The Morgan fingerprint density at radius 3 is 1.40 bits per heavy atom. The monoisotopic (exact) mass is 199 g/mol. The fourth-order valence-corrected chi connectivity index (χ4v) is 1.25. The van der Waals surface area contributed by atoms with Crippen molar-refractivity contribution >= 4 is 24.0 Å². The van der Waals surface area contributed by atoms with Crippen LogP contribution in [0.2, 0.25) is 0 Å². The van der Waals surface area contributed by atoms with Crippen LogP contribution in [-0.4, -0.2) is 11.8 Å². The third-order valence-corrected chi connectivity index (χ3v) is 2.07. The predicted octanol–water partition coefficient (Wildman–Crippen LogP) is 1.37. The summed E-state index contributed by atoms with van der Waals surface area (Å²) in [6, 6.07) is 8.36. The van der Waals surface area contributed by atoms with Gasteiger partial charge >= 0.3 is 0 Å². The molecule has 1 aromatic carbocycles. The number of nitrogens with one attached hydrogen (secondary N) is 1. The van der Waals surface area contributed by atoms with Gasteiger partial charge in [0.05, 0.1) is 0 Å². The van der Waals surface area contributed by atoms with E-state index in [1.807, 2.05) is 5.32 Å². The van der Waals surface area contributed by atoms with Gasteiger partial charge in [-0.15, -0.1) is 0 Å². The van der Waals surface area contributed by atoms with Crippen molar-refractivity contribution in [1.29, 1.82) is 0 Å². The lowest BCUT2D eigenvalue weighted by Crippen LogP contribution is -2.19. The summed E-state index contributed by atoms with van der Waals surface area (Å²) in [6.45, 7) is 0. The van der Waals surface area contributed by atoms with E-state index in [4.69, 9.17) is 0 Å². The van der Waals surface area contributed by atoms with E-state index < -0.39 is 0 Å². The fourth-order valence-electron chi connectivity index (χ4n) is 1.25. The van der Waals surface area contributed by atoms with Crippen molar-refractivity contribution < 1.29 is 9.59 Å². The zero-order valence-electron chi connectivity index (χ0n) is 7.94. The van der Waals surface area contributed by atoms with Gasteiger partial charge in [-0.2, -0.15) is 0 Å². The molecule has 3 nitrogen and oxygen atoms in total. The maximum absolute atomic E-state index is 10.0. The minimum atomic E-state index is -0.329. The summed E-state index contributed by atoms with van der Waals surface area (Å²) in [6.07, 6.45) is 6.63. The maximum Gasteiger partial charge on any atom is 0.250 e. The number of carbonyl (C=O) groups is 2. The Balaban J connectivity index is 0.000000115. The highest BCUT2D eigenvalue weighted by Gasteiger charge is 2.06. The van der Waals surface area contributed by atoms with Gasteiger partial charge in [0.15, 0.2) is 0 Å². The normalized spacial score (nSPS) is 14.9. The molecule has 1 aliphatic heterocycles. The van der Waals surface area contributed by atoms with Gasteiger partial charge in [0.1, 0.15) is 0 Å². The Labute approximate surface area is 87.1 Å². The van der Waals surface area contributed by atoms with Gasteiger partial charge < -0.3 is 0 Å². The first-order chi connectivity index (χ1) is 7.25. The summed E-state index contributed by atoms with van der Waals surface area (Å²) in [4.78, 5) is 20.1. The lowest BCUT2D eigenvalue weighted by molar-refractivity contribution is -0.123. The number of fused-ring (bicyclic) bond motifs is 1. The molecule has 0 aromatic heterocycles. The molecular weight excluding hydrogens is 190 g/mol. The highest BCUT2D eigenvalue weighted by molar-refractivity contribution is 6.12. The molecule has 1 heterocycles. The quantitative estimate of drug-likeness (QED) is 0.651. The Bertz CT molecular complexity index is 431. The van der Waals surface area contributed by atoms with Gasteiger partial charge in [-0.05, 0) is 11.1 Å². The largest absolute Gasteiger partial charge is 0.289 e. The van der Waals surface area contributed by atoms with E-state index in [-0.39, 0.29) is 11.8 Å². The number of amides is 2. The Hall–Kier alpha value is -2.16. The Morgan fingerprint density at radius 2 is 1.20 bits per heavy atom. The zero-order valence-corrected chi connectivity index (χ0v) is 7.94. The molecule has 74 valence electrons. The molecule has 0 unspecified atom stereocenters. The van der Waals surface area contributed by atoms with E-state index in [0.29, 0.717) is 0 Å².